The molecule has 1 heterocycles. The quantitative estimate of drug-likeness (QED) is 0.508. The van der Waals surface area contributed by atoms with Crippen LogP contribution >= 0.6 is 0 Å². The van der Waals surface area contributed by atoms with Gasteiger partial charge in [0.05, 0.1) is 11.0 Å². The number of rotatable bonds is 8. The Morgan fingerprint density at radius 2 is 1.61 bits per heavy atom. The number of hydrogen-bond acceptors (Lipinski definition) is 3. The van der Waals surface area contributed by atoms with Crippen LogP contribution in [-0.4, -0.2) is 27.2 Å². The Morgan fingerprint density at radius 3 is 2.09 bits per heavy atom. The van der Waals surface area contributed by atoms with Gasteiger partial charge >= 0.3 is 0 Å². The van der Waals surface area contributed by atoms with Gasteiger partial charge in [-0.2, -0.15) is 0 Å². The minimum atomic E-state index is -3.73. The maximum absolute atomic E-state index is 13.5. The number of halogens is 2. The van der Waals surface area contributed by atoms with Gasteiger partial charge in [-0.05, 0) is 68.2 Å². The lowest BCUT2D eigenvalue weighted by Gasteiger charge is -2.35. The molecular formula is C26H29F2NO3S. The zero-order valence-electron chi connectivity index (χ0n) is 18.8. The summed E-state index contributed by atoms with van der Waals surface area (Å²) in [5, 5.41) is 0. The highest BCUT2D eigenvalue weighted by Gasteiger charge is 2.33. The molecule has 0 spiro atoms. The fourth-order valence-corrected chi connectivity index (χ4v) is 5.33. The average Bonchev–Trinajstić information content (AvgIpc) is 2.76. The topological polar surface area (TPSA) is 55.4 Å². The van der Waals surface area contributed by atoms with Crippen molar-refractivity contribution < 1.29 is 21.9 Å². The summed E-state index contributed by atoms with van der Waals surface area (Å²) in [6, 6.07) is 11.9. The number of sulfonamides is 1. The van der Waals surface area contributed by atoms with E-state index in [-0.39, 0.29) is 34.6 Å². The fraction of sp³-hybridized carbons (Fsp3) is 0.308. The predicted molar refractivity (Wildman–Crippen MR) is 127 cm³/mol. The molecule has 2 atom stereocenters. The summed E-state index contributed by atoms with van der Waals surface area (Å²) in [5.41, 5.74) is 2.38. The monoisotopic (exact) mass is 473 g/mol. The molecule has 3 rings (SSSR count). The molecule has 7 heteroatoms. The van der Waals surface area contributed by atoms with Gasteiger partial charge in [-0.3, -0.25) is 0 Å². The predicted octanol–water partition coefficient (Wildman–Crippen LogP) is 5.60. The number of benzene rings is 2. The van der Waals surface area contributed by atoms with Crippen molar-refractivity contribution in [2.45, 2.75) is 44.8 Å². The summed E-state index contributed by atoms with van der Waals surface area (Å²) >= 11 is 0. The maximum Gasteiger partial charge on any atom is 0.240 e. The Labute approximate surface area is 194 Å². The van der Waals surface area contributed by atoms with Crippen LogP contribution in [-0.2, 0) is 14.8 Å². The third kappa shape index (κ3) is 6.69. The molecule has 2 unspecified atom stereocenters. The van der Waals surface area contributed by atoms with E-state index in [1.807, 2.05) is 0 Å². The number of allylic oxidation sites excluding steroid dienone is 4. The molecule has 0 amide bonds. The van der Waals surface area contributed by atoms with E-state index in [2.05, 4.69) is 11.3 Å². The molecular weight excluding hydrogens is 444 g/mol. The first-order valence-electron chi connectivity index (χ1n) is 10.8. The normalized spacial score (nSPS) is 19.8. The Kier molecular flexibility index (Phi) is 8.35. The molecule has 1 aliphatic heterocycles. The fourth-order valence-electron chi connectivity index (χ4n) is 3.98. The van der Waals surface area contributed by atoms with E-state index in [4.69, 9.17) is 4.74 Å². The van der Waals surface area contributed by atoms with Crippen molar-refractivity contribution in [3.63, 3.8) is 0 Å². The Morgan fingerprint density at radius 1 is 1.06 bits per heavy atom. The molecule has 2 aromatic carbocycles. The van der Waals surface area contributed by atoms with Crippen molar-refractivity contribution in [1.82, 2.24) is 4.72 Å². The highest BCUT2D eigenvalue weighted by Crippen LogP contribution is 2.35. The summed E-state index contributed by atoms with van der Waals surface area (Å²) in [6.07, 6.45) is 5.29. The van der Waals surface area contributed by atoms with Gasteiger partial charge in [0.25, 0.3) is 0 Å². The smallest absolute Gasteiger partial charge is 0.240 e. The molecule has 4 nitrogen and oxygen atoms in total. The van der Waals surface area contributed by atoms with Crippen molar-refractivity contribution >= 4 is 10.0 Å². The molecule has 1 fully saturated rings. The van der Waals surface area contributed by atoms with Gasteiger partial charge in [0.1, 0.15) is 11.6 Å². The lowest BCUT2D eigenvalue weighted by molar-refractivity contribution is -0.00385. The zero-order chi connectivity index (χ0) is 24.0. The first-order valence-corrected chi connectivity index (χ1v) is 12.3. The second kappa shape index (κ2) is 11.0. The van der Waals surface area contributed by atoms with E-state index < -0.39 is 10.0 Å². The highest BCUT2D eigenvalue weighted by atomic mass is 32.2. The van der Waals surface area contributed by atoms with Crippen LogP contribution in [0.3, 0.4) is 0 Å². The van der Waals surface area contributed by atoms with Gasteiger partial charge in [-0.1, -0.05) is 48.6 Å². The molecule has 1 N–H and O–H groups in total. The number of nitrogens with one attached hydrogen (secondary N) is 1. The van der Waals surface area contributed by atoms with E-state index in [1.165, 1.54) is 30.3 Å². The van der Waals surface area contributed by atoms with Crippen LogP contribution < -0.4 is 4.72 Å². The molecule has 1 aliphatic rings. The summed E-state index contributed by atoms with van der Waals surface area (Å²) in [5.74, 6) is -1.01. The summed E-state index contributed by atoms with van der Waals surface area (Å²) in [4.78, 5) is 0.169. The first kappa shape index (κ1) is 25.0. The molecule has 0 bridgehead atoms. The lowest BCUT2D eigenvalue weighted by atomic mass is 9.82. The van der Waals surface area contributed by atoms with Gasteiger partial charge in [0.15, 0.2) is 0 Å². The van der Waals surface area contributed by atoms with Gasteiger partial charge < -0.3 is 4.74 Å². The number of ether oxygens (including phenoxy) is 1. The van der Waals surface area contributed by atoms with E-state index in [0.29, 0.717) is 19.4 Å². The average molecular weight is 474 g/mol. The Hall–Kier alpha value is -2.61. The van der Waals surface area contributed by atoms with Crippen molar-refractivity contribution in [2.24, 2.45) is 0 Å². The standard InChI is InChI=1S/C26H29F2NO3S/c1-4-24(14-5-18(2)3)33(30,31)29-23-15-16-32-25(17-23)26(19-6-10-21(27)11-7-19)20-8-12-22(28)13-9-20/h4-14,23,25-26,29H,2,15-17H2,1,3H3/b14-5-,24-4+. The molecule has 33 heavy (non-hydrogen) atoms. The summed E-state index contributed by atoms with van der Waals surface area (Å²) < 4.78 is 61.8. The largest absolute Gasteiger partial charge is 0.377 e. The second-order valence-electron chi connectivity index (χ2n) is 8.20. The molecule has 0 radical (unpaired) electrons. The Balaban J connectivity index is 1.85. The van der Waals surface area contributed by atoms with Crippen LogP contribution in [0.15, 0.2) is 83.8 Å². The summed E-state index contributed by atoms with van der Waals surface area (Å²) in [6.45, 7) is 7.59. The maximum atomic E-state index is 13.5. The van der Waals surface area contributed by atoms with E-state index in [9.17, 15) is 17.2 Å². The van der Waals surface area contributed by atoms with Crippen molar-refractivity contribution in [1.29, 1.82) is 0 Å². The molecule has 0 aromatic heterocycles. The SMILES string of the molecule is C=C(C)/C=C\C(=C/C)S(=O)(=O)NC1CCOC(C(c2ccc(F)cc2)c2ccc(F)cc2)C1. The van der Waals surface area contributed by atoms with Crippen molar-refractivity contribution in [3.05, 3.63) is 107 Å². The molecule has 1 saturated heterocycles. The third-order valence-electron chi connectivity index (χ3n) is 5.59. The van der Waals surface area contributed by atoms with Crippen LogP contribution in [0.2, 0.25) is 0 Å². The first-order chi connectivity index (χ1) is 15.7. The van der Waals surface area contributed by atoms with Crippen LogP contribution in [0.1, 0.15) is 43.7 Å². The summed E-state index contributed by atoms with van der Waals surface area (Å²) in [7, 11) is -3.73. The van der Waals surface area contributed by atoms with Crippen LogP contribution in [0.25, 0.3) is 0 Å². The van der Waals surface area contributed by atoms with Crippen LogP contribution in [0.5, 0.6) is 0 Å². The van der Waals surface area contributed by atoms with Gasteiger partial charge in [0.2, 0.25) is 10.0 Å². The highest BCUT2D eigenvalue weighted by molar-refractivity contribution is 7.93. The van der Waals surface area contributed by atoms with E-state index in [0.717, 1.165) is 16.7 Å². The molecule has 0 saturated carbocycles. The minimum Gasteiger partial charge on any atom is -0.377 e. The van der Waals surface area contributed by atoms with Crippen molar-refractivity contribution in [2.75, 3.05) is 6.61 Å². The van der Waals surface area contributed by atoms with Gasteiger partial charge in [-0.25, -0.2) is 21.9 Å². The second-order valence-corrected chi connectivity index (χ2v) is 9.92. The Bertz CT molecular complexity index is 1080. The van der Waals surface area contributed by atoms with Crippen LogP contribution in [0, 0.1) is 11.6 Å². The minimum absolute atomic E-state index is 0.169. The van der Waals surface area contributed by atoms with E-state index in [1.54, 1.807) is 50.3 Å². The lowest BCUT2D eigenvalue weighted by Crippen LogP contribution is -2.44. The zero-order valence-corrected chi connectivity index (χ0v) is 19.6. The van der Waals surface area contributed by atoms with Gasteiger partial charge in [-0.15, -0.1) is 0 Å². The van der Waals surface area contributed by atoms with E-state index >= 15 is 0 Å². The third-order valence-corrected chi connectivity index (χ3v) is 7.23. The number of hydrogen-bond donors (Lipinski definition) is 1. The van der Waals surface area contributed by atoms with Crippen LogP contribution in [0.4, 0.5) is 8.78 Å². The molecule has 2 aromatic rings. The van der Waals surface area contributed by atoms with Crippen molar-refractivity contribution in [3.8, 4) is 0 Å². The van der Waals surface area contributed by atoms with Gasteiger partial charge in [0, 0.05) is 18.6 Å². The molecule has 176 valence electrons. The molecule has 0 aliphatic carbocycles.